The summed E-state index contributed by atoms with van der Waals surface area (Å²) in [6.07, 6.45) is 4.66. The fraction of sp³-hybridized carbons (Fsp3) is 0.333. The first-order valence-corrected chi connectivity index (χ1v) is 21.2. The molecule has 11 nitrogen and oxygen atoms in total. The number of pyridine rings is 1. The Balaban J connectivity index is 1.21. The average Bonchev–Trinajstić information content (AvgIpc) is 3.55. The summed E-state index contributed by atoms with van der Waals surface area (Å²) >= 11 is 1.48. The lowest BCUT2D eigenvalue weighted by molar-refractivity contribution is 0.271. The van der Waals surface area contributed by atoms with Crippen LogP contribution in [0.3, 0.4) is 0 Å². The number of hydrogen-bond acceptors (Lipinski definition) is 12. The van der Waals surface area contributed by atoms with Crippen molar-refractivity contribution in [3.8, 4) is 21.8 Å². The number of aromatic nitrogens is 4. The molecule has 0 bridgehead atoms. The zero-order valence-corrected chi connectivity index (χ0v) is 31.6. The Morgan fingerprint density at radius 2 is 1.63 bits per heavy atom. The molecule has 1 aliphatic heterocycles. The van der Waals surface area contributed by atoms with Crippen LogP contribution in [0.5, 0.6) is 0 Å². The molecule has 0 radical (unpaired) electrons. The van der Waals surface area contributed by atoms with Crippen molar-refractivity contribution in [1.29, 1.82) is 0 Å². The SMILES string of the molecule is Cc1cc(N2CCN(CCS(C)(=O)=O)CC2)ncc1Nc1nccc(-c2sc(C(C)C)nc2-c2cccc(CS(=O)(=O)c3c(F)cccc3F)c2)n1. The van der Waals surface area contributed by atoms with Crippen molar-refractivity contribution < 1.29 is 25.6 Å². The average molecular weight is 768 g/mol. The molecule has 1 fully saturated rings. The van der Waals surface area contributed by atoms with Gasteiger partial charge in [-0.3, -0.25) is 4.90 Å². The van der Waals surface area contributed by atoms with Crippen LogP contribution in [-0.4, -0.2) is 86.4 Å². The predicted octanol–water partition coefficient (Wildman–Crippen LogP) is 6.26. The van der Waals surface area contributed by atoms with Gasteiger partial charge in [0.1, 0.15) is 32.2 Å². The van der Waals surface area contributed by atoms with E-state index in [9.17, 15) is 25.6 Å². The summed E-state index contributed by atoms with van der Waals surface area (Å²) in [7, 11) is -7.33. The van der Waals surface area contributed by atoms with Crippen molar-refractivity contribution in [3.05, 3.63) is 94.8 Å². The summed E-state index contributed by atoms with van der Waals surface area (Å²) in [5.74, 6) is -1.41. The molecule has 0 spiro atoms. The largest absolute Gasteiger partial charge is 0.354 e. The lowest BCUT2D eigenvalue weighted by atomic mass is 10.1. The molecular formula is C36H39F2N7O4S3. The predicted molar refractivity (Wildman–Crippen MR) is 201 cm³/mol. The highest BCUT2D eigenvalue weighted by Gasteiger charge is 2.26. The van der Waals surface area contributed by atoms with E-state index in [2.05, 4.69) is 20.1 Å². The molecule has 52 heavy (non-hydrogen) atoms. The maximum Gasteiger partial charge on any atom is 0.227 e. The third kappa shape index (κ3) is 8.80. The maximum absolute atomic E-state index is 14.4. The van der Waals surface area contributed by atoms with Crippen LogP contribution in [-0.2, 0) is 25.4 Å². The topological polar surface area (TPSA) is 138 Å². The number of rotatable bonds is 12. The van der Waals surface area contributed by atoms with Gasteiger partial charge in [0.2, 0.25) is 5.95 Å². The van der Waals surface area contributed by atoms with Gasteiger partial charge in [0.05, 0.1) is 44.7 Å². The number of piperazine rings is 1. The molecule has 6 rings (SSSR count). The molecule has 16 heteroatoms. The van der Waals surface area contributed by atoms with Crippen LogP contribution in [0.15, 0.2) is 71.9 Å². The van der Waals surface area contributed by atoms with Gasteiger partial charge in [0.15, 0.2) is 9.84 Å². The number of nitrogens with zero attached hydrogens (tertiary/aromatic N) is 6. The monoisotopic (exact) mass is 767 g/mol. The summed E-state index contributed by atoms with van der Waals surface area (Å²) in [6, 6.07) is 13.6. The Labute approximate surface area is 306 Å². The van der Waals surface area contributed by atoms with E-state index in [4.69, 9.17) is 15.0 Å². The first-order chi connectivity index (χ1) is 24.7. The van der Waals surface area contributed by atoms with Crippen LogP contribution in [0.1, 0.15) is 35.9 Å². The number of thiazole rings is 1. The second-order valence-electron chi connectivity index (χ2n) is 13.1. The number of benzene rings is 2. The lowest BCUT2D eigenvalue weighted by Crippen LogP contribution is -2.47. The molecule has 3 aromatic heterocycles. The Morgan fingerprint density at radius 1 is 0.923 bits per heavy atom. The quantitative estimate of drug-likeness (QED) is 0.154. The van der Waals surface area contributed by atoms with E-state index in [1.165, 1.54) is 17.6 Å². The van der Waals surface area contributed by atoms with Crippen molar-refractivity contribution in [1.82, 2.24) is 24.8 Å². The highest BCUT2D eigenvalue weighted by molar-refractivity contribution is 7.91. The van der Waals surface area contributed by atoms with Crippen LogP contribution < -0.4 is 10.2 Å². The molecule has 0 amide bonds. The van der Waals surface area contributed by atoms with Crippen LogP contribution in [0.25, 0.3) is 21.8 Å². The number of anilines is 3. The normalized spacial score (nSPS) is 14.2. The Bertz CT molecular complexity index is 2290. The maximum atomic E-state index is 14.4. The number of aryl methyl sites for hydroxylation is 1. The highest BCUT2D eigenvalue weighted by Crippen LogP contribution is 2.39. The third-order valence-electron chi connectivity index (χ3n) is 8.63. The van der Waals surface area contributed by atoms with Crippen molar-refractivity contribution in [2.75, 3.05) is 54.9 Å². The van der Waals surface area contributed by atoms with Gasteiger partial charge in [0.25, 0.3) is 0 Å². The number of hydrogen-bond donors (Lipinski definition) is 1. The van der Waals surface area contributed by atoms with Crippen LogP contribution in [0.2, 0.25) is 0 Å². The van der Waals surface area contributed by atoms with Gasteiger partial charge in [-0.15, -0.1) is 11.3 Å². The minimum atomic E-state index is -4.33. The minimum Gasteiger partial charge on any atom is -0.354 e. The van der Waals surface area contributed by atoms with Crippen molar-refractivity contribution >= 4 is 48.5 Å². The second kappa shape index (κ2) is 15.3. The molecule has 0 aliphatic carbocycles. The zero-order valence-electron chi connectivity index (χ0n) is 29.2. The van der Waals surface area contributed by atoms with Gasteiger partial charge in [-0.05, 0) is 48.4 Å². The van der Waals surface area contributed by atoms with Gasteiger partial charge in [0, 0.05) is 56.7 Å². The van der Waals surface area contributed by atoms with E-state index < -0.39 is 42.0 Å². The highest BCUT2D eigenvalue weighted by atomic mass is 32.2. The number of halogens is 2. The fourth-order valence-electron chi connectivity index (χ4n) is 5.84. The van der Waals surface area contributed by atoms with Crippen LogP contribution in [0.4, 0.5) is 26.2 Å². The standard InChI is InChI=1S/C36H39F2N7O4S3/c1-23(2)35-43-32(26-8-5-7-25(20-26)22-52(48,49)34-27(37)9-6-10-28(34)38)33(50-35)29-11-12-39-36(41-29)42-30-21-40-31(19-24(30)3)45-15-13-44(14-16-45)17-18-51(4,46)47/h5-12,19-21,23H,13-18,22H2,1-4H3,(H,39,41,42). The van der Waals surface area contributed by atoms with E-state index in [1.807, 2.05) is 32.9 Å². The molecule has 0 saturated carbocycles. The van der Waals surface area contributed by atoms with Crippen molar-refractivity contribution in [2.24, 2.45) is 0 Å². The molecule has 1 N–H and O–H groups in total. The first kappa shape index (κ1) is 37.4. The molecule has 1 aliphatic rings. The summed E-state index contributed by atoms with van der Waals surface area (Å²) in [4.78, 5) is 23.0. The van der Waals surface area contributed by atoms with Crippen molar-refractivity contribution in [3.63, 3.8) is 0 Å². The Morgan fingerprint density at radius 3 is 2.31 bits per heavy atom. The Kier molecular flexibility index (Phi) is 11.0. The number of nitrogens with one attached hydrogen (secondary N) is 1. The van der Waals surface area contributed by atoms with Crippen LogP contribution >= 0.6 is 11.3 Å². The van der Waals surface area contributed by atoms with Gasteiger partial charge < -0.3 is 10.2 Å². The smallest absolute Gasteiger partial charge is 0.227 e. The summed E-state index contributed by atoms with van der Waals surface area (Å²) in [6.45, 7) is 9.56. The molecule has 1 saturated heterocycles. The van der Waals surface area contributed by atoms with Gasteiger partial charge in [-0.2, -0.15) is 0 Å². The van der Waals surface area contributed by atoms with Crippen molar-refractivity contribution in [2.45, 2.75) is 37.3 Å². The molecule has 274 valence electrons. The molecule has 0 unspecified atom stereocenters. The van der Waals surface area contributed by atoms with E-state index in [0.717, 1.165) is 71.3 Å². The number of sulfone groups is 2. The summed E-state index contributed by atoms with van der Waals surface area (Å²) in [5.41, 5.74) is 3.89. The van der Waals surface area contributed by atoms with E-state index in [1.54, 1.807) is 36.7 Å². The van der Waals surface area contributed by atoms with Gasteiger partial charge in [-0.1, -0.05) is 38.1 Å². The molecule has 0 atom stereocenters. The minimum absolute atomic E-state index is 0.104. The zero-order chi connectivity index (χ0) is 37.2. The molecule has 4 heterocycles. The fourth-order valence-corrected chi connectivity index (χ4v) is 8.98. The first-order valence-electron chi connectivity index (χ1n) is 16.7. The van der Waals surface area contributed by atoms with E-state index in [0.29, 0.717) is 35.0 Å². The second-order valence-corrected chi connectivity index (χ2v) is 18.3. The summed E-state index contributed by atoms with van der Waals surface area (Å²) < 4.78 is 78.1. The van der Waals surface area contributed by atoms with Crippen LogP contribution in [0, 0.1) is 18.6 Å². The molecule has 5 aromatic rings. The Hall–Kier alpha value is -4.38. The molecular weight excluding hydrogens is 729 g/mol. The van der Waals surface area contributed by atoms with Gasteiger partial charge >= 0.3 is 0 Å². The van der Waals surface area contributed by atoms with E-state index >= 15 is 0 Å². The van der Waals surface area contributed by atoms with E-state index in [-0.39, 0.29) is 11.7 Å². The lowest BCUT2D eigenvalue weighted by Gasteiger charge is -2.35. The summed E-state index contributed by atoms with van der Waals surface area (Å²) in [5, 5.41) is 4.14. The van der Waals surface area contributed by atoms with Gasteiger partial charge in [-0.25, -0.2) is 45.6 Å². The third-order valence-corrected chi connectivity index (χ3v) is 12.7. The molecule has 2 aromatic carbocycles.